The molecule has 2 saturated heterocycles. The first-order valence-corrected chi connectivity index (χ1v) is 11.6. The van der Waals surface area contributed by atoms with Gasteiger partial charge in [-0.3, -0.25) is 19.4 Å². The van der Waals surface area contributed by atoms with Crippen LogP contribution < -0.4 is 10.2 Å². The molecule has 0 atom stereocenters. The number of hydrogen-bond acceptors (Lipinski definition) is 5. The van der Waals surface area contributed by atoms with Crippen LogP contribution in [0.2, 0.25) is 0 Å². The van der Waals surface area contributed by atoms with Gasteiger partial charge in [-0.2, -0.15) is 0 Å². The van der Waals surface area contributed by atoms with E-state index in [1.807, 2.05) is 35.2 Å². The van der Waals surface area contributed by atoms with Crippen molar-refractivity contribution in [3.05, 3.63) is 66.0 Å². The minimum atomic E-state index is -0.236. The molecule has 0 saturated carbocycles. The number of carbonyl (C=O) groups excluding carboxylic acids is 2. The molecule has 176 valence electrons. The van der Waals surface area contributed by atoms with Crippen LogP contribution in [0.15, 0.2) is 54.6 Å². The molecular weight excluding hydrogens is 421 g/mol. The van der Waals surface area contributed by atoms with Crippen molar-refractivity contribution in [3.63, 3.8) is 0 Å². The Morgan fingerprint density at radius 2 is 1.36 bits per heavy atom. The number of rotatable bonds is 7. The van der Waals surface area contributed by atoms with Gasteiger partial charge < -0.3 is 15.1 Å². The average molecular weight is 454 g/mol. The molecule has 0 spiro atoms. The van der Waals surface area contributed by atoms with E-state index in [0.717, 1.165) is 50.5 Å². The third-order valence-electron chi connectivity index (χ3n) is 6.35. The van der Waals surface area contributed by atoms with Gasteiger partial charge in [0.25, 0.3) is 0 Å². The minimum absolute atomic E-state index is 0.0300. The molecule has 2 fully saturated rings. The number of halogens is 1. The van der Waals surface area contributed by atoms with Crippen molar-refractivity contribution in [3.8, 4) is 0 Å². The lowest BCUT2D eigenvalue weighted by molar-refractivity contribution is -0.133. The number of anilines is 1. The van der Waals surface area contributed by atoms with Gasteiger partial charge in [0, 0.05) is 64.6 Å². The predicted molar refractivity (Wildman–Crippen MR) is 126 cm³/mol. The highest BCUT2D eigenvalue weighted by atomic mass is 19.1. The fourth-order valence-electron chi connectivity index (χ4n) is 4.32. The Morgan fingerprint density at radius 1 is 0.758 bits per heavy atom. The SMILES string of the molecule is O=C(CN1CCN(CC(=O)N2CCN(c3ccc(F)cc3)CC2)CC1)NCc1ccccc1. The predicted octanol–water partition coefficient (Wildman–Crippen LogP) is 1.41. The van der Waals surface area contributed by atoms with Crippen LogP contribution in [0.3, 0.4) is 0 Å². The Morgan fingerprint density at radius 3 is 2.00 bits per heavy atom. The van der Waals surface area contributed by atoms with Crippen LogP contribution in [0.5, 0.6) is 0 Å². The van der Waals surface area contributed by atoms with Crippen LogP contribution in [0, 0.1) is 5.82 Å². The van der Waals surface area contributed by atoms with Crippen LogP contribution in [-0.4, -0.2) is 92.0 Å². The zero-order valence-electron chi connectivity index (χ0n) is 19.0. The number of carbonyl (C=O) groups is 2. The largest absolute Gasteiger partial charge is 0.368 e. The van der Waals surface area contributed by atoms with Gasteiger partial charge in [-0.1, -0.05) is 30.3 Å². The summed E-state index contributed by atoms with van der Waals surface area (Å²) in [5.41, 5.74) is 2.08. The summed E-state index contributed by atoms with van der Waals surface area (Å²) in [6.07, 6.45) is 0. The first-order valence-electron chi connectivity index (χ1n) is 11.6. The standard InChI is InChI=1S/C25H32FN5O2/c26-22-6-8-23(9-7-22)30-14-16-31(17-15-30)25(33)20-29-12-10-28(11-13-29)19-24(32)27-18-21-4-2-1-3-5-21/h1-9H,10-20H2,(H,27,32). The summed E-state index contributed by atoms with van der Waals surface area (Å²) >= 11 is 0. The normalized spacial score (nSPS) is 17.7. The lowest BCUT2D eigenvalue weighted by Crippen LogP contribution is -2.54. The molecule has 0 radical (unpaired) electrons. The van der Waals surface area contributed by atoms with Crippen molar-refractivity contribution in [2.45, 2.75) is 6.54 Å². The van der Waals surface area contributed by atoms with Gasteiger partial charge in [-0.25, -0.2) is 4.39 Å². The third kappa shape index (κ3) is 6.76. The summed E-state index contributed by atoms with van der Waals surface area (Å²) in [6, 6.07) is 16.4. The lowest BCUT2D eigenvalue weighted by atomic mass is 10.2. The van der Waals surface area contributed by atoms with Crippen LogP contribution in [0.25, 0.3) is 0 Å². The van der Waals surface area contributed by atoms with E-state index >= 15 is 0 Å². The van der Waals surface area contributed by atoms with E-state index in [0.29, 0.717) is 32.7 Å². The van der Waals surface area contributed by atoms with Gasteiger partial charge in [-0.15, -0.1) is 0 Å². The van der Waals surface area contributed by atoms with Crippen molar-refractivity contribution in [1.29, 1.82) is 0 Å². The van der Waals surface area contributed by atoms with Crippen LogP contribution in [0.1, 0.15) is 5.56 Å². The average Bonchev–Trinajstić information content (AvgIpc) is 2.85. The van der Waals surface area contributed by atoms with Gasteiger partial charge >= 0.3 is 0 Å². The summed E-state index contributed by atoms with van der Waals surface area (Å²) in [4.78, 5) is 33.4. The summed E-state index contributed by atoms with van der Waals surface area (Å²) in [7, 11) is 0. The summed E-state index contributed by atoms with van der Waals surface area (Å²) < 4.78 is 13.1. The van der Waals surface area contributed by atoms with Crippen LogP contribution >= 0.6 is 0 Å². The molecular formula is C25H32FN5O2. The molecule has 8 heteroatoms. The lowest BCUT2D eigenvalue weighted by Gasteiger charge is -2.38. The fraction of sp³-hybridized carbons (Fsp3) is 0.440. The second-order valence-corrected chi connectivity index (χ2v) is 8.66. The number of hydrogen-bond donors (Lipinski definition) is 1. The van der Waals surface area contributed by atoms with Gasteiger partial charge in [0.05, 0.1) is 13.1 Å². The molecule has 0 bridgehead atoms. The zero-order valence-corrected chi connectivity index (χ0v) is 19.0. The Hall–Kier alpha value is -2.97. The molecule has 2 aliphatic rings. The van der Waals surface area contributed by atoms with Gasteiger partial charge in [0.1, 0.15) is 5.82 Å². The number of benzene rings is 2. The van der Waals surface area contributed by atoms with E-state index in [2.05, 4.69) is 20.0 Å². The number of piperazine rings is 2. The number of nitrogens with one attached hydrogen (secondary N) is 1. The van der Waals surface area contributed by atoms with Crippen molar-refractivity contribution in [1.82, 2.24) is 20.0 Å². The Balaban J connectivity index is 1.13. The minimum Gasteiger partial charge on any atom is -0.368 e. The highest BCUT2D eigenvalue weighted by molar-refractivity contribution is 5.79. The highest BCUT2D eigenvalue weighted by Crippen LogP contribution is 2.17. The van der Waals surface area contributed by atoms with E-state index < -0.39 is 0 Å². The summed E-state index contributed by atoms with van der Waals surface area (Å²) in [5.74, 6) is -0.0503. The van der Waals surface area contributed by atoms with Crippen LogP contribution in [0.4, 0.5) is 10.1 Å². The molecule has 0 aromatic heterocycles. The van der Waals surface area contributed by atoms with Crippen molar-refractivity contribution >= 4 is 17.5 Å². The summed E-state index contributed by atoms with van der Waals surface area (Å²) in [6.45, 7) is 7.35. The molecule has 4 rings (SSSR count). The molecule has 2 aliphatic heterocycles. The Labute approximate surface area is 194 Å². The van der Waals surface area contributed by atoms with Crippen LogP contribution in [-0.2, 0) is 16.1 Å². The Kier molecular flexibility index (Phi) is 7.91. The first kappa shape index (κ1) is 23.2. The smallest absolute Gasteiger partial charge is 0.236 e. The number of amides is 2. The highest BCUT2D eigenvalue weighted by Gasteiger charge is 2.25. The van der Waals surface area contributed by atoms with E-state index in [9.17, 15) is 14.0 Å². The molecule has 33 heavy (non-hydrogen) atoms. The first-order chi connectivity index (χ1) is 16.1. The van der Waals surface area contributed by atoms with E-state index in [-0.39, 0.29) is 17.6 Å². The van der Waals surface area contributed by atoms with Gasteiger partial charge in [0.2, 0.25) is 11.8 Å². The van der Waals surface area contributed by atoms with Crippen molar-refractivity contribution in [2.75, 3.05) is 70.3 Å². The molecule has 2 aromatic rings. The maximum Gasteiger partial charge on any atom is 0.236 e. The van der Waals surface area contributed by atoms with Gasteiger partial charge in [0.15, 0.2) is 0 Å². The topological polar surface area (TPSA) is 59.1 Å². The maximum atomic E-state index is 13.1. The molecule has 0 aliphatic carbocycles. The monoisotopic (exact) mass is 453 g/mol. The second kappa shape index (κ2) is 11.2. The molecule has 7 nitrogen and oxygen atoms in total. The van der Waals surface area contributed by atoms with Crippen molar-refractivity contribution < 1.29 is 14.0 Å². The summed E-state index contributed by atoms with van der Waals surface area (Å²) in [5, 5.41) is 2.97. The maximum absolute atomic E-state index is 13.1. The molecule has 0 unspecified atom stereocenters. The van der Waals surface area contributed by atoms with E-state index in [1.54, 1.807) is 12.1 Å². The second-order valence-electron chi connectivity index (χ2n) is 8.66. The number of nitrogens with zero attached hydrogens (tertiary/aromatic N) is 4. The molecule has 2 heterocycles. The Bertz CT molecular complexity index is 908. The molecule has 2 aromatic carbocycles. The fourth-order valence-corrected chi connectivity index (χ4v) is 4.32. The quantitative estimate of drug-likeness (QED) is 0.687. The molecule has 2 amide bonds. The van der Waals surface area contributed by atoms with E-state index in [1.165, 1.54) is 12.1 Å². The van der Waals surface area contributed by atoms with E-state index in [4.69, 9.17) is 0 Å². The van der Waals surface area contributed by atoms with Crippen molar-refractivity contribution in [2.24, 2.45) is 0 Å². The third-order valence-corrected chi connectivity index (χ3v) is 6.35. The van der Waals surface area contributed by atoms with Gasteiger partial charge in [-0.05, 0) is 29.8 Å². The zero-order chi connectivity index (χ0) is 23.0. The molecule has 1 N–H and O–H groups in total.